The zero-order valence-electron chi connectivity index (χ0n) is 8.63. The fourth-order valence-corrected chi connectivity index (χ4v) is 1.46. The molecule has 0 saturated carbocycles. The van der Waals surface area contributed by atoms with Crippen molar-refractivity contribution in [2.24, 2.45) is 0 Å². The molecule has 3 atom stereocenters. The lowest BCUT2D eigenvalue weighted by Gasteiger charge is -2.20. The molecule has 86 valence electrons. The predicted octanol–water partition coefficient (Wildman–Crippen LogP) is -0.759. The lowest BCUT2D eigenvalue weighted by Crippen LogP contribution is -2.38. The van der Waals surface area contributed by atoms with Crippen molar-refractivity contribution in [3.05, 3.63) is 0 Å². The van der Waals surface area contributed by atoms with Crippen LogP contribution in [-0.2, 0) is 23.8 Å². The summed E-state index contributed by atoms with van der Waals surface area (Å²) in [6.07, 6.45) is -1.99. The highest BCUT2D eigenvalue weighted by molar-refractivity contribution is 5.67. The second-order valence-corrected chi connectivity index (χ2v) is 3.28. The molecule has 1 saturated heterocycles. The van der Waals surface area contributed by atoms with E-state index in [-0.39, 0.29) is 13.2 Å². The van der Waals surface area contributed by atoms with Gasteiger partial charge in [0, 0.05) is 13.8 Å². The van der Waals surface area contributed by atoms with Gasteiger partial charge in [-0.15, -0.1) is 0 Å². The Balaban J connectivity index is 2.62. The molecule has 1 fully saturated rings. The highest BCUT2D eigenvalue weighted by atomic mass is 16.6. The van der Waals surface area contributed by atoms with E-state index in [4.69, 9.17) is 19.3 Å². The van der Waals surface area contributed by atoms with E-state index < -0.39 is 30.3 Å². The van der Waals surface area contributed by atoms with Gasteiger partial charge in [0.05, 0.1) is 13.2 Å². The average molecular weight is 218 g/mol. The van der Waals surface area contributed by atoms with Gasteiger partial charge in [0.2, 0.25) is 0 Å². The predicted molar refractivity (Wildman–Crippen MR) is 47.9 cm³/mol. The third-order valence-electron chi connectivity index (χ3n) is 2.01. The monoisotopic (exact) mass is 218 g/mol. The van der Waals surface area contributed by atoms with Crippen LogP contribution in [0.3, 0.4) is 0 Å². The summed E-state index contributed by atoms with van der Waals surface area (Å²) in [6, 6.07) is 0. The van der Waals surface area contributed by atoms with Crippen molar-refractivity contribution in [2.75, 3.05) is 13.2 Å². The summed E-state index contributed by atoms with van der Waals surface area (Å²) in [5, 5.41) is 8.94. The van der Waals surface area contributed by atoms with E-state index in [1.54, 1.807) is 0 Å². The van der Waals surface area contributed by atoms with Crippen LogP contribution in [0.25, 0.3) is 0 Å². The third kappa shape index (κ3) is 3.17. The van der Waals surface area contributed by atoms with Gasteiger partial charge < -0.3 is 19.3 Å². The minimum Gasteiger partial charge on any atom is -0.456 e. The van der Waals surface area contributed by atoms with Crippen molar-refractivity contribution in [1.29, 1.82) is 0 Å². The molecule has 1 aliphatic heterocycles. The fourth-order valence-electron chi connectivity index (χ4n) is 1.46. The van der Waals surface area contributed by atoms with E-state index in [1.807, 2.05) is 0 Å². The average Bonchev–Trinajstić information content (AvgIpc) is 2.47. The van der Waals surface area contributed by atoms with Crippen LogP contribution in [0.4, 0.5) is 0 Å². The number of carbonyl (C=O) groups excluding carboxylic acids is 2. The molecule has 0 bridgehead atoms. The molecule has 1 aliphatic rings. The van der Waals surface area contributed by atoms with Gasteiger partial charge in [-0.05, 0) is 0 Å². The molecule has 6 nitrogen and oxygen atoms in total. The highest BCUT2D eigenvalue weighted by Crippen LogP contribution is 2.20. The molecule has 1 heterocycles. The number of hydrogen-bond acceptors (Lipinski definition) is 6. The van der Waals surface area contributed by atoms with Crippen LogP contribution in [-0.4, -0.2) is 48.6 Å². The quantitative estimate of drug-likeness (QED) is 0.627. The zero-order chi connectivity index (χ0) is 11.4. The van der Waals surface area contributed by atoms with Crippen molar-refractivity contribution >= 4 is 11.9 Å². The van der Waals surface area contributed by atoms with Crippen molar-refractivity contribution in [2.45, 2.75) is 32.2 Å². The van der Waals surface area contributed by atoms with Gasteiger partial charge in [-0.2, -0.15) is 0 Å². The molecule has 0 amide bonds. The molecule has 1 rings (SSSR count). The van der Waals surface area contributed by atoms with Crippen LogP contribution in [0.2, 0.25) is 0 Å². The van der Waals surface area contributed by atoms with Crippen LogP contribution >= 0.6 is 0 Å². The van der Waals surface area contributed by atoms with Crippen LogP contribution in [0, 0.1) is 0 Å². The van der Waals surface area contributed by atoms with E-state index in [0.717, 1.165) is 0 Å². The number of aliphatic hydroxyl groups is 1. The standard InChI is InChI=1S/C9H14O6/c1-5(11)14-8-4-13-7(3-10)9(8)15-6(2)12/h7-10H,3-4H2,1-2H3/t7-,8-,9+/m1/s1. The van der Waals surface area contributed by atoms with Gasteiger partial charge in [-0.1, -0.05) is 0 Å². The molecule has 0 aromatic carbocycles. The maximum atomic E-state index is 10.8. The lowest BCUT2D eigenvalue weighted by molar-refractivity contribution is -0.163. The van der Waals surface area contributed by atoms with Gasteiger partial charge in [0.15, 0.2) is 12.2 Å². The second-order valence-electron chi connectivity index (χ2n) is 3.28. The van der Waals surface area contributed by atoms with Crippen LogP contribution in [0.5, 0.6) is 0 Å². The van der Waals surface area contributed by atoms with E-state index in [1.165, 1.54) is 13.8 Å². The lowest BCUT2D eigenvalue weighted by atomic mass is 10.1. The Morgan fingerprint density at radius 3 is 2.40 bits per heavy atom. The molecular formula is C9H14O6. The summed E-state index contributed by atoms with van der Waals surface area (Å²) < 4.78 is 15.0. The van der Waals surface area contributed by atoms with Crippen molar-refractivity contribution in [3.63, 3.8) is 0 Å². The van der Waals surface area contributed by atoms with Crippen molar-refractivity contribution < 1.29 is 28.9 Å². The summed E-state index contributed by atoms with van der Waals surface area (Å²) in [6.45, 7) is 2.35. The Morgan fingerprint density at radius 2 is 1.93 bits per heavy atom. The van der Waals surface area contributed by atoms with Crippen LogP contribution in [0.1, 0.15) is 13.8 Å². The van der Waals surface area contributed by atoms with E-state index >= 15 is 0 Å². The Hall–Kier alpha value is -1.14. The summed E-state index contributed by atoms with van der Waals surface area (Å²) in [7, 11) is 0. The topological polar surface area (TPSA) is 82.1 Å². The summed E-state index contributed by atoms with van der Waals surface area (Å²) in [4.78, 5) is 21.5. The van der Waals surface area contributed by atoms with Gasteiger partial charge in [-0.3, -0.25) is 9.59 Å². The first-order chi connectivity index (χ1) is 7.04. The van der Waals surface area contributed by atoms with E-state index in [2.05, 4.69) is 0 Å². The summed E-state index contributed by atoms with van der Waals surface area (Å²) >= 11 is 0. The highest BCUT2D eigenvalue weighted by Gasteiger charge is 2.41. The SMILES string of the molecule is CC(=O)O[C@H]1[C@@H](CO)OC[C@H]1OC(C)=O. The van der Waals surface area contributed by atoms with E-state index in [9.17, 15) is 9.59 Å². The molecule has 6 heteroatoms. The third-order valence-corrected chi connectivity index (χ3v) is 2.01. The number of hydrogen-bond donors (Lipinski definition) is 1. The molecule has 0 aliphatic carbocycles. The molecule has 15 heavy (non-hydrogen) atoms. The molecule has 1 N–H and O–H groups in total. The Morgan fingerprint density at radius 1 is 1.33 bits per heavy atom. The second kappa shape index (κ2) is 5.09. The first-order valence-electron chi connectivity index (χ1n) is 4.61. The van der Waals surface area contributed by atoms with Gasteiger partial charge >= 0.3 is 11.9 Å². The Bertz CT molecular complexity index is 251. The summed E-state index contributed by atoms with van der Waals surface area (Å²) in [5.41, 5.74) is 0. The number of rotatable bonds is 3. The normalized spacial score (nSPS) is 29.9. The van der Waals surface area contributed by atoms with Gasteiger partial charge in [0.1, 0.15) is 6.10 Å². The summed E-state index contributed by atoms with van der Waals surface area (Å²) in [5.74, 6) is -0.972. The van der Waals surface area contributed by atoms with Crippen molar-refractivity contribution in [1.82, 2.24) is 0 Å². The molecular weight excluding hydrogens is 204 g/mol. The van der Waals surface area contributed by atoms with Crippen LogP contribution in [0.15, 0.2) is 0 Å². The molecule has 0 unspecified atom stereocenters. The largest absolute Gasteiger partial charge is 0.456 e. The first kappa shape index (κ1) is 11.9. The number of aliphatic hydroxyl groups excluding tert-OH is 1. The number of carbonyl (C=O) groups is 2. The Kier molecular flexibility index (Phi) is 4.05. The number of esters is 2. The first-order valence-corrected chi connectivity index (χ1v) is 4.61. The minimum absolute atomic E-state index is 0.128. The van der Waals surface area contributed by atoms with E-state index in [0.29, 0.717) is 0 Å². The number of ether oxygens (including phenoxy) is 3. The molecule has 0 aromatic heterocycles. The van der Waals surface area contributed by atoms with Gasteiger partial charge in [0.25, 0.3) is 0 Å². The van der Waals surface area contributed by atoms with Gasteiger partial charge in [-0.25, -0.2) is 0 Å². The zero-order valence-corrected chi connectivity index (χ0v) is 8.63. The van der Waals surface area contributed by atoms with Crippen LogP contribution < -0.4 is 0 Å². The fraction of sp³-hybridized carbons (Fsp3) is 0.778. The smallest absolute Gasteiger partial charge is 0.303 e. The minimum atomic E-state index is -0.726. The maximum Gasteiger partial charge on any atom is 0.303 e. The molecule has 0 aromatic rings. The maximum absolute atomic E-state index is 10.8. The molecule has 0 radical (unpaired) electrons. The molecule has 0 spiro atoms. The van der Waals surface area contributed by atoms with Crippen molar-refractivity contribution in [3.8, 4) is 0 Å². The Labute approximate surface area is 87.1 Å².